The molecule has 0 atom stereocenters. The minimum Gasteiger partial charge on any atom is -0.452 e. The number of halogens is 2. The molecule has 2 rings (SSSR count). The predicted octanol–water partition coefficient (Wildman–Crippen LogP) is 3.41. The maximum atomic E-state index is 13.0. The van der Waals surface area contributed by atoms with Crippen molar-refractivity contribution in [1.82, 2.24) is 5.32 Å². The summed E-state index contributed by atoms with van der Waals surface area (Å²) in [6.45, 7) is 2.09. The highest BCUT2D eigenvalue weighted by Crippen LogP contribution is 2.18. The average Bonchev–Trinajstić information content (AvgIpc) is 2.54. The van der Waals surface area contributed by atoms with Crippen molar-refractivity contribution < 1.29 is 18.7 Å². The number of carbonyl (C=O) groups excluding carboxylic acids is 2. The van der Waals surface area contributed by atoms with Crippen molar-refractivity contribution in [3.8, 4) is 0 Å². The number of nitrogens with one attached hydrogen (secondary N) is 1. The molecule has 0 aliphatic heterocycles. The number of hydrogen-bond acceptors (Lipinski definition) is 3. The molecule has 2 aromatic rings. The van der Waals surface area contributed by atoms with E-state index in [1.165, 1.54) is 17.7 Å². The van der Waals surface area contributed by atoms with E-state index < -0.39 is 11.8 Å². The van der Waals surface area contributed by atoms with E-state index in [1.807, 2.05) is 31.2 Å². The second kappa shape index (κ2) is 8.59. The number of aryl methyl sites for hydroxylation is 1. The molecule has 0 heterocycles. The number of carbonyl (C=O) groups is 2. The number of hydrogen-bond donors (Lipinski definition) is 1. The van der Waals surface area contributed by atoms with E-state index >= 15 is 0 Å². The molecule has 0 aliphatic carbocycles. The van der Waals surface area contributed by atoms with Crippen LogP contribution in [0, 0.1) is 12.7 Å². The SMILES string of the molecule is Cc1ccccc1CCNC(=O)COC(=O)c1ccc(F)cc1Br. The molecule has 0 saturated carbocycles. The highest BCUT2D eigenvalue weighted by molar-refractivity contribution is 9.10. The number of benzene rings is 2. The van der Waals surface area contributed by atoms with E-state index in [2.05, 4.69) is 21.2 Å². The average molecular weight is 394 g/mol. The molecule has 4 nitrogen and oxygen atoms in total. The van der Waals surface area contributed by atoms with Gasteiger partial charge in [0.15, 0.2) is 6.61 Å². The highest BCUT2D eigenvalue weighted by atomic mass is 79.9. The van der Waals surface area contributed by atoms with Crippen LogP contribution >= 0.6 is 15.9 Å². The molecule has 0 aliphatic rings. The van der Waals surface area contributed by atoms with Crippen LogP contribution in [-0.4, -0.2) is 25.0 Å². The molecule has 0 aromatic heterocycles. The Bertz CT molecular complexity index is 749. The summed E-state index contributed by atoms with van der Waals surface area (Å²) in [5, 5.41) is 2.70. The van der Waals surface area contributed by atoms with Gasteiger partial charge in [0.25, 0.3) is 5.91 Å². The van der Waals surface area contributed by atoms with Crippen molar-refractivity contribution in [2.45, 2.75) is 13.3 Å². The minimum atomic E-state index is -0.684. The van der Waals surface area contributed by atoms with Crippen molar-refractivity contribution in [3.05, 3.63) is 69.4 Å². The molecule has 1 N–H and O–H groups in total. The summed E-state index contributed by atoms with van der Waals surface area (Å²) >= 11 is 3.09. The lowest BCUT2D eigenvalue weighted by atomic mass is 10.1. The molecule has 0 radical (unpaired) electrons. The van der Waals surface area contributed by atoms with Crippen LogP contribution in [0.3, 0.4) is 0 Å². The Balaban J connectivity index is 1.77. The van der Waals surface area contributed by atoms with Gasteiger partial charge in [0.1, 0.15) is 5.82 Å². The van der Waals surface area contributed by atoms with Crippen LogP contribution in [0.4, 0.5) is 4.39 Å². The van der Waals surface area contributed by atoms with Crippen LogP contribution in [0.25, 0.3) is 0 Å². The third-order valence-corrected chi connectivity index (χ3v) is 4.12. The third-order valence-electron chi connectivity index (χ3n) is 3.46. The lowest BCUT2D eigenvalue weighted by Gasteiger charge is -2.09. The maximum absolute atomic E-state index is 13.0. The number of ether oxygens (including phenoxy) is 1. The Morgan fingerprint density at radius 2 is 1.96 bits per heavy atom. The van der Waals surface area contributed by atoms with Crippen molar-refractivity contribution >= 4 is 27.8 Å². The van der Waals surface area contributed by atoms with Gasteiger partial charge in [-0.1, -0.05) is 24.3 Å². The zero-order chi connectivity index (χ0) is 17.5. The lowest BCUT2D eigenvalue weighted by Crippen LogP contribution is -2.30. The lowest BCUT2D eigenvalue weighted by molar-refractivity contribution is -0.124. The van der Waals surface area contributed by atoms with Gasteiger partial charge in [-0.15, -0.1) is 0 Å². The van der Waals surface area contributed by atoms with Crippen molar-refractivity contribution in [2.75, 3.05) is 13.2 Å². The van der Waals surface area contributed by atoms with Crippen molar-refractivity contribution in [3.63, 3.8) is 0 Å². The van der Waals surface area contributed by atoms with Crippen LogP contribution < -0.4 is 5.32 Å². The second-order valence-electron chi connectivity index (χ2n) is 5.23. The van der Waals surface area contributed by atoms with Crippen LogP contribution in [0.15, 0.2) is 46.9 Å². The highest BCUT2D eigenvalue weighted by Gasteiger charge is 2.14. The first kappa shape index (κ1) is 18.1. The summed E-state index contributed by atoms with van der Waals surface area (Å²) in [7, 11) is 0. The summed E-state index contributed by atoms with van der Waals surface area (Å²) in [5.74, 6) is -1.53. The quantitative estimate of drug-likeness (QED) is 0.765. The van der Waals surface area contributed by atoms with E-state index in [0.717, 1.165) is 11.6 Å². The van der Waals surface area contributed by atoms with Gasteiger partial charge >= 0.3 is 5.97 Å². The van der Waals surface area contributed by atoms with Gasteiger partial charge in [-0.25, -0.2) is 9.18 Å². The largest absolute Gasteiger partial charge is 0.452 e. The molecule has 1 amide bonds. The first-order chi connectivity index (χ1) is 11.5. The molecule has 0 spiro atoms. The Hall–Kier alpha value is -2.21. The zero-order valence-electron chi connectivity index (χ0n) is 13.1. The Kier molecular flexibility index (Phi) is 6.49. The topological polar surface area (TPSA) is 55.4 Å². The van der Waals surface area contributed by atoms with Crippen LogP contribution in [0.2, 0.25) is 0 Å². The van der Waals surface area contributed by atoms with Gasteiger partial charge < -0.3 is 10.1 Å². The fourth-order valence-electron chi connectivity index (χ4n) is 2.14. The Morgan fingerprint density at radius 1 is 1.21 bits per heavy atom. The van der Waals surface area contributed by atoms with E-state index in [-0.39, 0.29) is 22.6 Å². The van der Waals surface area contributed by atoms with E-state index in [1.54, 1.807) is 0 Å². The number of rotatable bonds is 6. The van der Waals surface area contributed by atoms with Crippen LogP contribution in [0.1, 0.15) is 21.5 Å². The fourth-order valence-corrected chi connectivity index (χ4v) is 2.65. The smallest absolute Gasteiger partial charge is 0.339 e. The van der Waals surface area contributed by atoms with E-state index in [4.69, 9.17) is 4.74 Å². The number of amides is 1. The summed E-state index contributed by atoms with van der Waals surface area (Å²) in [4.78, 5) is 23.6. The monoisotopic (exact) mass is 393 g/mol. The van der Waals surface area contributed by atoms with Crippen LogP contribution in [0.5, 0.6) is 0 Å². The van der Waals surface area contributed by atoms with E-state index in [9.17, 15) is 14.0 Å². The molecular formula is C18H17BrFNO3. The molecule has 2 aromatic carbocycles. The fraction of sp³-hybridized carbons (Fsp3) is 0.222. The maximum Gasteiger partial charge on any atom is 0.339 e. The van der Waals surface area contributed by atoms with Gasteiger partial charge in [0.05, 0.1) is 5.56 Å². The summed E-state index contributed by atoms with van der Waals surface area (Å²) in [5.41, 5.74) is 2.49. The van der Waals surface area contributed by atoms with Crippen molar-refractivity contribution in [1.29, 1.82) is 0 Å². The second-order valence-corrected chi connectivity index (χ2v) is 6.08. The summed E-state index contributed by atoms with van der Waals surface area (Å²) < 4.78 is 18.2. The number of esters is 1. The first-order valence-corrected chi connectivity index (χ1v) is 8.20. The summed E-state index contributed by atoms with van der Waals surface area (Å²) in [6.07, 6.45) is 0.704. The van der Waals surface area contributed by atoms with Crippen molar-refractivity contribution in [2.24, 2.45) is 0 Å². The molecule has 0 unspecified atom stereocenters. The minimum absolute atomic E-state index is 0.170. The van der Waals surface area contributed by atoms with E-state index in [0.29, 0.717) is 13.0 Å². The standard InChI is InChI=1S/C18H17BrFNO3/c1-12-4-2-3-5-13(12)8-9-21-17(22)11-24-18(23)15-7-6-14(20)10-16(15)19/h2-7,10H,8-9,11H2,1H3,(H,21,22). The normalized spacial score (nSPS) is 10.3. The molecule has 6 heteroatoms. The molecule has 126 valence electrons. The molecule has 0 fully saturated rings. The summed E-state index contributed by atoms with van der Waals surface area (Å²) in [6, 6.07) is 11.6. The molecule has 0 bridgehead atoms. The van der Waals surface area contributed by atoms with Gasteiger partial charge in [-0.3, -0.25) is 4.79 Å². The third kappa shape index (κ3) is 5.16. The van der Waals surface area contributed by atoms with Gasteiger partial charge in [-0.05, 0) is 58.6 Å². The predicted molar refractivity (Wildman–Crippen MR) is 92.3 cm³/mol. The Labute approximate surface area is 148 Å². The van der Waals surface area contributed by atoms with Gasteiger partial charge in [0.2, 0.25) is 0 Å². The van der Waals surface area contributed by atoms with Gasteiger partial charge in [-0.2, -0.15) is 0 Å². The molecular weight excluding hydrogens is 377 g/mol. The Morgan fingerprint density at radius 3 is 2.67 bits per heavy atom. The van der Waals surface area contributed by atoms with Crippen LogP contribution in [-0.2, 0) is 16.0 Å². The zero-order valence-corrected chi connectivity index (χ0v) is 14.7. The molecule has 0 saturated heterocycles. The molecule has 24 heavy (non-hydrogen) atoms. The first-order valence-electron chi connectivity index (χ1n) is 7.41. The van der Waals surface area contributed by atoms with Gasteiger partial charge in [0, 0.05) is 11.0 Å².